The summed E-state index contributed by atoms with van der Waals surface area (Å²) in [5.41, 5.74) is 2.73. The Morgan fingerprint density at radius 3 is 2.36 bits per heavy atom. The number of hydrogen-bond donors (Lipinski definition) is 2. The Morgan fingerprint density at radius 2 is 1.77 bits per heavy atom. The molecule has 0 amide bonds. The Labute approximate surface area is 134 Å². The summed E-state index contributed by atoms with van der Waals surface area (Å²) < 4.78 is 26.1. The average molecular weight is 320 g/mol. The SMILES string of the molecule is CCC(NC(=S)Nc1ccc(F)c(F)c1)c1ccc(C)cc1. The number of anilines is 1. The van der Waals surface area contributed by atoms with Gasteiger partial charge in [-0.1, -0.05) is 36.8 Å². The molecule has 0 saturated carbocycles. The molecular weight excluding hydrogens is 302 g/mol. The van der Waals surface area contributed by atoms with Crippen molar-refractivity contribution in [2.45, 2.75) is 26.3 Å². The van der Waals surface area contributed by atoms with Crippen molar-refractivity contribution in [2.75, 3.05) is 5.32 Å². The van der Waals surface area contributed by atoms with Gasteiger partial charge in [0.2, 0.25) is 0 Å². The highest BCUT2D eigenvalue weighted by Crippen LogP contribution is 2.18. The Morgan fingerprint density at radius 1 is 1.09 bits per heavy atom. The van der Waals surface area contributed by atoms with E-state index in [9.17, 15) is 8.78 Å². The summed E-state index contributed by atoms with van der Waals surface area (Å²) in [4.78, 5) is 0. The van der Waals surface area contributed by atoms with Gasteiger partial charge < -0.3 is 10.6 Å². The predicted molar refractivity (Wildman–Crippen MR) is 89.9 cm³/mol. The Balaban J connectivity index is 2.02. The average Bonchev–Trinajstić information content (AvgIpc) is 2.49. The van der Waals surface area contributed by atoms with Gasteiger partial charge in [-0.2, -0.15) is 0 Å². The lowest BCUT2D eigenvalue weighted by Crippen LogP contribution is -2.32. The Hall–Kier alpha value is -2.01. The third-order valence-corrected chi connectivity index (χ3v) is 3.59. The maximum Gasteiger partial charge on any atom is 0.171 e. The van der Waals surface area contributed by atoms with Gasteiger partial charge in [0.25, 0.3) is 0 Å². The molecule has 2 N–H and O–H groups in total. The third-order valence-electron chi connectivity index (χ3n) is 3.37. The molecular formula is C17H18F2N2S. The van der Waals surface area contributed by atoms with Crippen molar-refractivity contribution in [1.82, 2.24) is 5.32 Å². The molecule has 0 heterocycles. The summed E-state index contributed by atoms with van der Waals surface area (Å²) in [6.07, 6.45) is 0.850. The van der Waals surface area contributed by atoms with Crippen LogP contribution >= 0.6 is 12.2 Å². The van der Waals surface area contributed by atoms with Crippen molar-refractivity contribution < 1.29 is 8.78 Å². The van der Waals surface area contributed by atoms with E-state index >= 15 is 0 Å². The molecule has 22 heavy (non-hydrogen) atoms. The van der Waals surface area contributed by atoms with E-state index < -0.39 is 11.6 Å². The fraction of sp³-hybridized carbons (Fsp3) is 0.235. The predicted octanol–water partition coefficient (Wildman–Crippen LogP) is 4.71. The quantitative estimate of drug-likeness (QED) is 0.798. The van der Waals surface area contributed by atoms with Crippen LogP contribution in [-0.4, -0.2) is 5.11 Å². The highest BCUT2D eigenvalue weighted by atomic mass is 32.1. The van der Waals surface area contributed by atoms with Crippen molar-refractivity contribution in [1.29, 1.82) is 0 Å². The highest BCUT2D eigenvalue weighted by molar-refractivity contribution is 7.80. The maximum atomic E-state index is 13.2. The van der Waals surface area contributed by atoms with E-state index in [1.54, 1.807) is 0 Å². The fourth-order valence-corrected chi connectivity index (χ4v) is 2.38. The zero-order chi connectivity index (χ0) is 16.1. The maximum absolute atomic E-state index is 13.2. The van der Waals surface area contributed by atoms with Gasteiger partial charge in [0.05, 0.1) is 6.04 Å². The summed E-state index contributed by atoms with van der Waals surface area (Å²) >= 11 is 5.24. The van der Waals surface area contributed by atoms with Crippen molar-refractivity contribution in [3.05, 3.63) is 65.2 Å². The van der Waals surface area contributed by atoms with Crippen molar-refractivity contribution >= 4 is 23.0 Å². The van der Waals surface area contributed by atoms with Gasteiger partial charge in [-0.25, -0.2) is 8.78 Å². The van der Waals surface area contributed by atoms with Gasteiger partial charge in [-0.05, 0) is 43.3 Å². The molecule has 0 aliphatic carbocycles. The zero-order valence-corrected chi connectivity index (χ0v) is 13.3. The number of benzene rings is 2. The summed E-state index contributed by atoms with van der Waals surface area (Å²) in [5, 5.41) is 6.43. The molecule has 116 valence electrons. The van der Waals surface area contributed by atoms with E-state index in [0.29, 0.717) is 10.8 Å². The number of aryl methyl sites for hydroxylation is 1. The summed E-state index contributed by atoms with van der Waals surface area (Å²) in [5.74, 6) is -1.78. The van der Waals surface area contributed by atoms with E-state index in [-0.39, 0.29) is 6.04 Å². The third kappa shape index (κ3) is 4.24. The van der Waals surface area contributed by atoms with E-state index in [1.165, 1.54) is 11.6 Å². The minimum Gasteiger partial charge on any atom is -0.356 e. The van der Waals surface area contributed by atoms with Crippen LogP contribution in [0.4, 0.5) is 14.5 Å². The smallest absolute Gasteiger partial charge is 0.171 e. The lowest BCUT2D eigenvalue weighted by molar-refractivity contribution is 0.509. The van der Waals surface area contributed by atoms with Crippen LogP contribution in [0.2, 0.25) is 0 Å². The number of nitrogens with one attached hydrogen (secondary N) is 2. The minimum absolute atomic E-state index is 0.0610. The molecule has 2 aromatic rings. The molecule has 0 fully saturated rings. The molecule has 0 saturated heterocycles. The molecule has 1 atom stereocenters. The highest BCUT2D eigenvalue weighted by Gasteiger charge is 2.11. The van der Waals surface area contributed by atoms with Crippen LogP contribution in [0.25, 0.3) is 0 Å². The summed E-state index contributed by atoms with van der Waals surface area (Å²) in [6.45, 7) is 4.09. The topological polar surface area (TPSA) is 24.1 Å². The van der Waals surface area contributed by atoms with Gasteiger partial charge in [-0.15, -0.1) is 0 Å². The molecule has 2 rings (SSSR count). The molecule has 0 aliphatic rings. The number of hydrogen-bond acceptors (Lipinski definition) is 1. The second kappa shape index (κ2) is 7.31. The molecule has 0 aliphatic heterocycles. The molecule has 2 nitrogen and oxygen atoms in total. The first-order valence-electron chi connectivity index (χ1n) is 7.08. The van der Waals surface area contributed by atoms with E-state index in [1.807, 2.05) is 19.1 Å². The molecule has 0 spiro atoms. The van der Waals surface area contributed by atoms with Crippen LogP contribution < -0.4 is 10.6 Å². The fourth-order valence-electron chi connectivity index (χ4n) is 2.12. The van der Waals surface area contributed by atoms with E-state index in [4.69, 9.17) is 12.2 Å². The van der Waals surface area contributed by atoms with Gasteiger partial charge in [0, 0.05) is 11.8 Å². The second-order valence-electron chi connectivity index (χ2n) is 5.10. The molecule has 0 radical (unpaired) electrons. The summed E-state index contributed by atoms with van der Waals surface area (Å²) in [6, 6.07) is 11.8. The van der Waals surface area contributed by atoms with Crippen LogP contribution in [0.3, 0.4) is 0 Å². The standard InChI is InChI=1S/C17H18F2N2S/c1-3-16(12-6-4-11(2)5-7-12)21-17(22)20-13-8-9-14(18)15(19)10-13/h4-10,16H,3H2,1-2H3,(H2,20,21,22). The number of rotatable bonds is 4. The normalized spacial score (nSPS) is 11.8. The van der Waals surface area contributed by atoms with Crippen LogP contribution in [0.5, 0.6) is 0 Å². The lowest BCUT2D eigenvalue weighted by Gasteiger charge is -2.20. The Kier molecular flexibility index (Phi) is 5.44. The zero-order valence-electron chi connectivity index (χ0n) is 12.5. The van der Waals surface area contributed by atoms with Crippen LogP contribution in [0.1, 0.15) is 30.5 Å². The van der Waals surface area contributed by atoms with Crippen LogP contribution in [-0.2, 0) is 0 Å². The van der Waals surface area contributed by atoms with Gasteiger partial charge in [-0.3, -0.25) is 0 Å². The Bertz CT molecular complexity index is 656. The second-order valence-corrected chi connectivity index (χ2v) is 5.51. The van der Waals surface area contributed by atoms with E-state index in [0.717, 1.165) is 24.1 Å². The number of thiocarbonyl (C=S) groups is 1. The van der Waals surface area contributed by atoms with Crippen molar-refractivity contribution in [3.63, 3.8) is 0 Å². The monoisotopic (exact) mass is 320 g/mol. The lowest BCUT2D eigenvalue weighted by atomic mass is 10.0. The first-order chi connectivity index (χ1) is 10.5. The molecule has 0 aromatic heterocycles. The van der Waals surface area contributed by atoms with Crippen molar-refractivity contribution in [3.8, 4) is 0 Å². The molecule has 1 unspecified atom stereocenters. The molecule has 5 heteroatoms. The van der Waals surface area contributed by atoms with Crippen LogP contribution in [0, 0.1) is 18.6 Å². The van der Waals surface area contributed by atoms with Gasteiger partial charge >= 0.3 is 0 Å². The van der Waals surface area contributed by atoms with Gasteiger partial charge in [0.15, 0.2) is 16.7 Å². The van der Waals surface area contributed by atoms with Gasteiger partial charge in [0.1, 0.15) is 0 Å². The molecule has 2 aromatic carbocycles. The summed E-state index contributed by atoms with van der Waals surface area (Å²) in [7, 11) is 0. The molecule has 0 bridgehead atoms. The van der Waals surface area contributed by atoms with Crippen molar-refractivity contribution in [2.24, 2.45) is 0 Å². The van der Waals surface area contributed by atoms with E-state index in [2.05, 4.69) is 29.7 Å². The van der Waals surface area contributed by atoms with Crippen LogP contribution in [0.15, 0.2) is 42.5 Å². The largest absolute Gasteiger partial charge is 0.356 e. The minimum atomic E-state index is -0.904. The number of halogens is 2. The first-order valence-corrected chi connectivity index (χ1v) is 7.49. The first kappa shape index (κ1) is 16.4.